The lowest BCUT2D eigenvalue weighted by atomic mass is 9.98. The van der Waals surface area contributed by atoms with Crippen LogP contribution >= 0.6 is 0 Å². The van der Waals surface area contributed by atoms with E-state index in [1.54, 1.807) is 0 Å². The number of rotatable bonds is 3. The van der Waals surface area contributed by atoms with Crippen molar-refractivity contribution >= 4 is 0 Å². The first-order chi connectivity index (χ1) is 7.39. The maximum Gasteiger partial charge on any atom is 0.307 e. The standard InChI is InChI=1S/C10H14F2N2O2/c1-9(11,12)8-13-7(16-14-8)6-10(15)4-2-3-5-10/h15H,2-6H2,1H3. The topological polar surface area (TPSA) is 59.2 Å². The van der Waals surface area contributed by atoms with E-state index in [9.17, 15) is 13.9 Å². The summed E-state index contributed by atoms with van der Waals surface area (Å²) in [5.41, 5.74) is -0.854. The van der Waals surface area contributed by atoms with Crippen LogP contribution in [0.5, 0.6) is 0 Å². The summed E-state index contributed by atoms with van der Waals surface area (Å²) in [5.74, 6) is -3.63. The second kappa shape index (κ2) is 3.76. The van der Waals surface area contributed by atoms with Gasteiger partial charge in [-0.1, -0.05) is 18.0 Å². The molecule has 1 aromatic rings. The third-order valence-electron chi connectivity index (χ3n) is 2.88. The highest BCUT2D eigenvalue weighted by Gasteiger charge is 2.36. The minimum absolute atomic E-state index is 0.0842. The van der Waals surface area contributed by atoms with Crippen molar-refractivity contribution in [2.75, 3.05) is 0 Å². The fourth-order valence-corrected chi connectivity index (χ4v) is 2.00. The molecule has 6 heteroatoms. The Bertz CT molecular complexity index is 367. The quantitative estimate of drug-likeness (QED) is 0.866. The van der Waals surface area contributed by atoms with E-state index in [-0.39, 0.29) is 12.3 Å². The third kappa shape index (κ3) is 2.37. The van der Waals surface area contributed by atoms with Crippen molar-refractivity contribution in [3.05, 3.63) is 11.7 Å². The average Bonchev–Trinajstić information content (AvgIpc) is 2.74. The highest BCUT2D eigenvalue weighted by Crippen LogP contribution is 2.32. The average molecular weight is 232 g/mol. The minimum Gasteiger partial charge on any atom is -0.389 e. The molecule has 0 aromatic carbocycles. The first kappa shape index (κ1) is 11.4. The Hall–Kier alpha value is -1.04. The van der Waals surface area contributed by atoms with Crippen LogP contribution in [-0.4, -0.2) is 20.8 Å². The van der Waals surface area contributed by atoms with E-state index in [1.807, 2.05) is 0 Å². The van der Waals surface area contributed by atoms with Gasteiger partial charge in [-0.05, 0) is 12.8 Å². The second-order valence-corrected chi connectivity index (χ2v) is 4.51. The van der Waals surface area contributed by atoms with Crippen molar-refractivity contribution in [1.29, 1.82) is 0 Å². The zero-order chi connectivity index (χ0) is 11.8. The molecule has 1 saturated carbocycles. The molecule has 0 unspecified atom stereocenters. The normalized spacial score (nSPS) is 20.2. The number of nitrogens with zero attached hydrogens (tertiary/aromatic N) is 2. The van der Waals surface area contributed by atoms with Gasteiger partial charge in [0.15, 0.2) is 0 Å². The van der Waals surface area contributed by atoms with Crippen molar-refractivity contribution in [1.82, 2.24) is 10.1 Å². The molecule has 1 N–H and O–H groups in total. The Kier molecular flexibility index (Phi) is 2.69. The van der Waals surface area contributed by atoms with E-state index in [1.165, 1.54) is 0 Å². The summed E-state index contributed by atoms with van der Waals surface area (Å²) in [5, 5.41) is 13.3. The predicted molar refractivity (Wildman–Crippen MR) is 51.0 cm³/mol. The van der Waals surface area contributed by atoms with Gasteiger partial charge in [-0.3, -0.25) is 0 Å². The molecule has 90 valence electrons. The summed E-state index contributed by atoms with van der Waals surface area (Å²) in [6.07, 6.45) is 3.37. The number of hydrogen-bond donors (Lipinski definition) is 1. The molecule has 0 aliphatic heterocycles. The van der Waals surface area contributed by atoms with Gasteiger partial charge in [0, 0.05) is 6.92 Å². The first-order valence-corrected chi connectivity index (χ1v) is 5.32. The fraction of sp³-hybridized carbons (Fsp3) is 0.800. The number of halogens is 2. The molecule has 1 aliphatic carbocycles. The van der Waals surface area contributed by atoms with Crippen LogP contribution in [0.2, 0.25) is 0 Å². The first-order valence-electron chi connectivity index (χ1n) is 5.32. The molecule has 0 amide bonds. The summed E-state index contributed by atoms with van der Waals surface area (Å²) in [6.45, 7) is 0.714. The van der Waals surface area contributed by atoms with Gasteiger partial charge in [-0.2, -0.15) is 13.8 Å². The van der Waals surface area contributed by atoms with E-state index in [2.05, 4.69) is 10.1 Å². The Balaban J connectivity index is 2.08. The molecule has 4 nitrogen and oxygen atoms in total. The molecule has 0 bridgehead atoms. The predicted octanol–water partition coefficient (Wildman–Crippen LogP) is 2.03. The zero-order valence-electron chi connectivity index (χ0n) is 9.04. The fourth-order valence-electron chi connectivity index (χ4n) is 2.00. The van der Waals surface area contributed by atoms with Gasteiger partial charge in [-0.25, -0.2) is 0 Å². The Morgan fingerprint density at radius 2 is 2.06 bits per heavy atom. The van der Waals surface area contributed by atoms with Crippen molar-refractivity contribution in [3.8, 4) is 0 Å². The zero-order valence-corrected chi connectivity index (χ0v) is 9.04. The summed E-state index contributed by atoms with van der Waals surface area (Å²) < 4.78 is 30.4. The molecule has 0 saturated heterocycles. The summed E-state index contributed by atoms with van der Waals surface area (Å²) in [4.78, 5) is 3.60. The van der Waals surface area contributed by atoms with Crippen molar-refractivity contribution < 1.29 is 18.4 Å². The number of alkyl halides is 2. The molecule has 0 atom stereocenters. The highest BCUT2D eigenvalue weighted by molar-refractivity contribution is 4.98. The molecule has 1 aliphatic rings. The monoisotopic (exact) mass is 232 g/mol. The van der Waals surface area contributed by atoms with Crippen molar-refractivity contribution in [3.63, 3.8) is 0 Å². The lowest BCUT2D eigenvalue weighted by Crippen LogP contribution is -2.27. The van der Waals surface area contributed by atoms with Gasteiger partial charge < -0.3 is 9.63 Å². The van der Waals surface area contributed by atoms with Crippen LogP contribution in [0.3, 0.4) is 0 Å². The maximum atomic E-state index is 12.8. The Morgan fingerprint density at radius 3 is 2.56 bits per heavy atom. The van der Waals surface area contributed by atoms with Gasteiger partial charge in [-0.15, -0.1) is 0 Å². The molecule has 0 radical (unpaired) electrons. The van der Waals surface area contributed by atoms with Crippen LogP contribution in [0.25, 0.3) is 0 Å². The van der Waals surface area contributed by atoms with Crippen LogP contribution in [0.1, 0.15) is 44.3 Å². The van der Waals surface area contributed by atoms with E-state index in [0.29, 0.717) is 19.8 Å². The van der Waals surface area contributed by atoms with E-state index in [0.717, 1.165) is 12.8 Å². The summed E-state index contributed by atoms with van der Waals surface area (Å²) >= 11 is 0. The van der Waals surface area contributed by atoms with Gasteiger partial charge in [0.1, 0.15) is 0 Å². The van der Waals surface area contributed by atoms with E-state index in [4.69, 9.17) is 4.52 Å². The Morgan fingerprint density at radius 1 is 1.44 bits per heavy atom. The van der Waals surface area contributed by atoms with E-state index < -0.39 is 17.3 Å². The van der Waals surface area contributed by atoms with Crippen LogP contribution in [0.15, 0.2) is 4.52 Å². The Labute approximate surface area is 91.7 Å². The summed E-state index contributed by atoms with van der Waals surface area (Å²) in [6, 6.07) is 0. The van der Waals surface area contributed by atoms with Gasteiger partial charge in [0.25, 0.3) is 0 Å². The molecule has 2 rings (SSSR count). The van der Waals surface area contributed by atoms with Crippen LogP contribution in [-0.2, 0) is 12.3 Å². The molecule has 1 heterocycles. The molecular weight excluding hydrogens is 218 g/mol. The van der Waals surface area contributed by atoms with Crippen LogP contribution < -0.4 is 0 Å². The highest BCUT2D eigenvalue weighted by atomic mass is 19.3. The molecule has 1 fully saturated rings. The minimum atomic E-state index is -3.10. The van der Waals surface area contributed by atoms with Crippen molar-refractivity contribution in [2.45, 2.75) is 50.6 Å². The lowest BCUT2D eigenvalue weighted by Gasteiger charge is -2.18. The van der Waals surface area contributed by atoms with Crippen molar-refractivity contribution in [2.24, 2.45) is 0 Å². The molecule has 0 spiro atoms. The number of aromatic nitrogens is 2. The summed E-state index contributed by atoms with van der Waals surface area (Å²) in [7, 11) is 0. The second-order valence-electron chi connectivity index (χ2n) is 4.51. The van der Waals surface area contributed by atoms with Crippen LogP contribution in [0.4, 0.5) is 8.78 Å². The largest absolute Gasteiger partial charge is 0.389 e. The number of aliphatic hydroxyl groups is 1. The third-order valence-corrected chi connectivity index (χ3v) is 2.88. The smallest absolute Gasteiger partial charge is 0.307 e. The lowest BCUT2D eigenvalue weighted by molar-refractivity contribution is 0.00559. The molecule has 16 heavy (non-hydrogen) atoms. The molecule has 1 aromatic heterocycles. The molecular formula is C10H14F2N2O2. The van der Waals surface area contributed by atoms with Crippen LogP contribution in [0, 0.1) is 0 Å². The maximum absolute atomic E-state index is 12.8. The van der Waals surface area contributed by atoms with E-state index >= 15 is 0 Å². The SMILES string of the molecule is CC(F)(F)c1noc(CC2(O)CCCC2)n1. The van der Waals surface area contributed by atoms with Gasteiger partial charge in [0.05, 0.1) is 12.0 Å². The number of hydrogen-bond acceptors (Lipinski definition) is 4. The van der Waals surface area contributed by atoms with Gasteiger partial charge >= 0.3 is 5.92 Å². The van der Waals surface area contributed by atoms with Gasteiger partial charge in [0.2, 0.25) is 11.7 Å².